The predicted octanol–water partition coefficient (Wildman–Crippen LogP) is 2.72. The van der Waals surface area contributed by atoms with Crippen LogP contribution >= 0.6 is 0 Å². The van der Waals surface area contributed by atoms with Gasteiger partial charge in [-0.05, 0) is 37.0 Å². The highest BCUT2D eigenvalue weighted by Crippen LogP contribution is 2.46. The van der Waals surface area contributed by atoms with Crippen molar-refractivity contribution in [2.75, 3.05) is 6.54 Å². The van der Waals surface area contributed by atoms with E-state index in [-0.39, 0.29) is 24.8 Å². The highest BCUT2D eigenvalue weighted by molar-refractivity contribution is 6.07. The number of halogens is 2. The van der Waals surface area contributed by atoms with Crippen molar-refractivity contribution in [2.45, 2.75) is 25.8 Å². The van der Waals surface area contributed by atoms with Crippen molar-refractivity contribution in [2.24, 2.45) is 5.41 Å². The normalized spacial score (nSPS) is 14.5. The van der Waals surface area contributed by atoms with Gasteiger partial charge >= 0.3 is 0 Å². The van der Waals surface area contributed by atoms with Crippen LogP contribution in [0.2, 0.25) is 0 Å². The van der Waals surface area contributed by atoms with Crippen molar-refractivity contribution in [3.05, 3.63) is 71.3 Å². The van der Waals surface area contributed by atoms with Gasteiger partial charge in [-0.1, -0.05) is 36.4 Å². The lowest BCUT2D eigenvalue weighted by atomic mass is 10.0. The molecule has 0 spiro atoms. The van der Waals surface area contributed by atoms with Crippen molar-refractivity contribution >= 4 is 11.8 Å². The van der Waals surface area contributed by atoms with Crippen molar-refractivity contribution < 1.29 is 18.4 Å². The summed E-state index contributed by atoms with van der Waals surface area (Å²) in [6.07, 6.45) is 1.27. The van der Waals surface area contributed by atoms with Crippen LogP contribution in [0.1, 0.15) is 24.0 Å². The number of hydrogen-bond acceptors (Lipinski definition) is 2. The molecule has 2 aromatic rings. The smallest absolute Gasteiger partial charge is 0.235 e. The Kier molecular flexibility index (Phi) is 5.30. The quantitative estimate of drug-likeness (QED) is 0.748. The second-order valence-electron chi connectivity index (χ2n) is 6.45. The minimum atomic E-state index is -1.08. The summed E-state index contributed by atoms with van der Waals surface area (Å²) in [5.74, 6) is -1.47. The highest BCUT2D eigenvalue weighted by Gasteiger charge is 2.56. The Balaban J connectivity index is 1.51. The molecular formula is C20H20F2N2O2. The van der Waals surface area contributed by atoms with E-state index < -0.39 is 17.1 Å². The second-order valence-corrected chi connectivity index (χ2v) is 6.45. The SMILES string of the molecule is O=C(NCCc1ccccc1F)C1(C(=O)NCc2ccccc2F)CC1. The lowest BCUT2D eigenvalue weighted by Gasteiger charge is -2.16. The Labute approximate surface area is 150 Å². The third kappa shape index (κ3) is 3.90. The molecular weight excluding hydrogens is 338 g/mol. The molecule has 0 atom stereocenters. The Bertz CT molecular complexity index is 819. The zero-order chi connectivity index (χ0) is 18.6. The van der Waals surface area contributed by atoms with E-state index in [0.29, 0.717) is 30.4 Å². The number of carbonyl (C=O) groups is 2. The number of nitrogens with one attached hydrogen (secondary N) is 2. The van der Waals surface area contributed by atoms with E-state index in [1.807, 2.05) is 0 Å². The second kappa shape index (κ2) is 7.64. The van der Waals surface area contributed by atoms with Crippen LogP contribution in [0.5, 0.6) is 0 Å². The number of rotatable bonds is 7. The molecule has 2 aromatic carbocycles. The fourth-order valence-electron chi connectivity index (χ4n) is 2.85. The van der Waals surface area contributed by atoms with Crippen molar-refractivity contribution in [1.82, 2.24) is 10.6 Å². The van der Waals surface area contributed by atoms with E-state index in [0.717, 1.165) is 0 Å². The largest absolute Gasteiger partial charge is 0.355 e. The summed E-state index contributed by atoms with van der Waals surface area (Å²) >= 11 is 0. The standard InChI is InChI=1S/C20H20F2N2O2/c21-16-7-3-1-5-14(16)9-12-23-18(25)20(10-11-20)19(26)24-13-15-6-2-4-8-17(15)22/h1-8H,9-13H2,(H,23,25)(H,24,26). The van der Waals surface area contributed by atoms with E-state index in [4.69, 9.17) is 0 Å². The van der Waals surface area contributed by atoms with E-state index in [2.05, 4.69) is 10.6 Å². The van der Waals surface area contributed by atoms with Crippen molar-refractivity contribution in [3.8, 4) is 0 Å². The summed E-state index contributed by atoms with van der Waals surface area (Å²) < 4.78 is 27.2. The molecule has 3 rings (SSSR count). The maximum atomic E-state index is 13.6. The van der Waals surface area contributed by atoms with Gasteiger partial charge in [-0.2, -0.15) is 0 Å². The Morgan fingerprint density at radius 1 is 0.846 bits per heavy atom. The maximum Gasteiger partial charge on any atom is 0.235 e. The lowest BCUT2D eigenvalue weighted by molar-refractivity contribution is -0.137. The first-order valence-corrected chi connectivity index (χ1v) is 8.56. The molecule has 136 valence electrons. The van der Waals surface area contributed by atoms with Crippen LogP contribution < -0.4 is 10.6 Å². The molecule has 0 saturated heterocycles. The number of benzene rings is 2. The van der Waals surface area contributed by atoms with Crippen molar-refractivity contribution in [3.63, 3.8) is 0 Å². The number of hydrogen-bond donors (Lipinski definition) is 2. The number of carbonyl (C=O) groups excluding carboxylic acids is 2. The molecule has 1 saturated carbocycles. The van der Waals surface area contributed by atoms with Gasteiger partial charge in [0.05, 0.1) is 0 Å². The van der Waals surface area contributed by atoms with Crippen molar-refractivity contribution in [1.29, 1.82) is 0 Å². The molecule has 2 N–H and O–H groups in total. The van der Waals surface area contributed by atoms with Gasteiger partial charge in [0.15, 0.2) is 0 Å². The predicted molar refractivity (Wildman–Crippen MR) is 93.0 cm³/mol. The zero-order valence-electron chi connectivity index (χ0n) is 14.2. The minimum Gasteiger partial charge on any atom is -0.355 e. The van der Waals surface area contributed by atoms with Crippen LogP contribution in [-0.4, -0.2) is 18.4 Å². The summed E-state index contributed by atoms with van der Waals surface area (Å²) in [5, 5.41) is 5.35. The van der Waals surface area contributed by atoms with Gasteiger partial charge in [-0.3, -0.25) is 9.59 Å². The molecule has 4 nitrogen and oxygen atoms in total. The van der Waals surface area contributed by atoms with Crippen LogP contribution in [0.4, 0.5) is 8.78 Å². The molecule has 0 heterocycles. The molecule has 1 aliphatic rings. The molecule has 0 aliphatic heterocycles. The fraction of sp³-hybridized carbons (Fsp3) is 0.300. The van der Waals surface area contributed by atoms with Gasteiger partial charge < -0.3 is 10.6 Å². The maximum absolute atomic E-state index is 13.6. The van der Waals surface area contributed by atoms with Gasteiger partial charge in [0.1, 0.15) is 17.0 Å². The summed E-state index contributed by atoms with van der Waals surface area (Å²) in [7, 11) is 0. The molecule has 2 amide bonds. The Morgan fingerprint density at radius 2 is 1.38 bits per heavy atom. The third-order valence-electron chi connectivity index (χ3n) is 4.65. The zero-order valence-corrected chi connectivity index (χ0v) is 14.2. The topological polar surface area (TPSA) is 58.2 Å². The van der Waals surface area contributed by atoms with E-state index in [1.54, 1.807) is 36.4 Å². The van der Waals surface area contributed by atoms with Gasteiger partial charge in [-0.25, -0.2) is 8.78 Å². The molecule has 26 heavy (non-hydrogen) atoms. The summed E-state index contributed by atoms with van der Waals surface area (Å²) in [6, 6.07) is 12.5. The molecule has 1 fully saturated rings. The van der Waals surface area contributed by atoms with E-state index in [9.17, 15) is 18.4 Å². The third-order valence-corrected chi connectivity index (χ3v) is 4.65. The van der Waals surface area contributed by atoms with Gasteiger partial charge in [0, 0.05) is 18.7 Å². The lowest BCUT2D eigenvalue weighted by Crippen LogP contribution is -2.43. The first-order valence-electron chi connectivity index (χ1n) is 8.56. The summed E-state index contributed by atoms with van der Waals surface area (Å²) in [6.45, 7) is 0.290. The molecule has 0 aromatic heterocycles. The van der Waals surface area contributed by atoms with Crippen LogP contribution in [0, 0.1) is 17.0 Å². The molecule has 6 heteroatoms. The highest BCUT2D eigenvalue weighted by atomic mass is 19.1. The van der Waals surface area contributed by atoms with Crippen LogP contribution in [0.15, 0.2) is 48.5 Å². The molecule has 0 unspecified atom stereocenters. The average Bonchev–Trinajstić information content (AvgIpc) is 3.44. The summed E-state index contributed by atoms with van der Waals surface area (Å²) in [5.41, 5.74) is -0.196. The monoisotopic (exact) mass is 358 g/mol. The molecule has 0 bridgehead atoms. The molecule has 0 radical (unpaired) electrons. The Hall–Kier alpha value is -2.76. The first-order chi connectivity index (χ1) is 12.5. The average molecular weight is 358 g/mol. The number of amides is 2. The van der Waals surface area contributed by atoms with Crippen LogP contribution in [0.25, 0.3) is 0 Å². The van der Waals surface area contributed by atoms with Crippen LogP contribution in [0.3, 0.4) is 0 Å². The van der Waals surface area contributed by atoms with Gasteiger partial charge in [0.25, 0.3) is 0 Å². The van der Waals surface area contributed by atoms with Crippen LogP contribution in [-0.2, 0) is 22.6 Å². The summed E-state index contributed by atoms with van der Waals surface area (Å²) in [4.78, 5) is 24.8. The van der Waals surface area contributed by atoms with E-state index in [1.165, 1.54) is 12.1 Å². The fourth-order valence-corrected chi connectivity index (χ4v) is 2.85. The Morgan fingerprint density at radius 3 is 1.96 bits per heavy atom. The minimum absolute atomic E-state index is 0.0375. The van der Waals surface area contributed by atoms with Gasteiger partial charge in [0.2, 0.25) is 11.8 Å². The van der Waals surface area contributed by atoms with Gasteiger partial charge in [-0.15, -0.1) is 0 Å². The first kappa shape index (κ1) is 18.0. The molecule has 1 aliphatic carbocycles. The van der Waals surface area contributed by atoms with E-state index >= 15 is 0 Å².